The molecule has 1 aromatic rings. The lowest BCUT2D eigenvalue weighted by molar-refractivity contribution is 0.150. The van der Waals surface area contributed by atoms with Gasteiger partial charge in [-0.1, -0.05) is 0 Å². The number of nitriles is 1. The predicted molar refractivity (Wildman–Crippen MR) is 44.6 cm³/mol. The zero-order chi connectivity index (χ0) is 10.7. The third-order valence-corrected chi connectivity index (χ3v) is 1.95. The monoisotopic (exact) mass is 198 g/mol. The van der Waals surface area contributed by atoms with E-state index in [1.165, 1.54) is 6.92 Å². The average molecular weight is 198 g/mol. The second-order valence-corrected chi connectivity index (χ2v) is 2.73. The third-order valence-electron chi connectivity index (χ3n) is 1.95. The molecule has 0 saturated heterocycles. The van der Waals surface area contributed by atoms with E-state index in [0.29, 0.717) is 0 Å². The van der Waals surface area contributed by atoms with E-state index in [4.69, 9.17) is 10.4 Å². The lowest BCUT2D eigenvalue weighted by atomic mass is 10.0. The van der Waals surface area contributed by atoms with Crippen molar-refractivity contribution in [3.8, 4) is 6.07 Å². The summed E-state index contributed by atoms with van der Waals surface area (Å²) >= 11 is 0. The van der Waals surface area contributed by atoms with Gasteiger partial charge in [-0.25, -0.2) is 8.78 Å². The molecule has 5 heteroatoms. The number of hydrogen-bond donors (Lipinski definition) is 1. The first-order valence-corrected chi connectivity index (χ1v) is 3.89. The highest BCUT2D eigenvalue weighted by Gasteiger charge is 2.16. The van der Waals surface area contributed by atoms with Crippen molar-refractivity contribution in [2.24, 2.45) is 0 Å². The number of rotatable bonds is 2. The van der Waals surface area contributed by atoms with Crippen LogP contribution < -0.4 is 0 Å². The average Bonchev–Trinajstić information content (AvgIpc) is 2.16. The molecule has 14 heavy (non-hydrogen) atoms. The van der Waals surface area contributed by atoms with Gasteiger partial charge in [0.25, 0.3) is 6.43 Å². The van der Waals surface area contributed by atoms with Gasteiger partial charge in [0, 0.05) is 11.8 Å². The molecule has 74 valence electrons. The van der Waals surface area contributed by atoms with Crippen LogP contribution in [0.25, 0.3) is 0 Å². The Bertz CT molecular complexity index is 385. The maximum atomic E-state index is 12.4. The Morgan fingerprint density at radius 3 is 2.71 bits per heavy atom. The fraction of sp³-hybridized carbons (Fsp3) is 0.333. The lowest BCUT2D eigenvalue weighted by Crippen LogP contribution is -2.02. The molecule has 0 spiro atoms. The van der Waals surface area contributed by atoms with Gasteiger partial charge in [0.05, 0.1) is 17.9 Å². The summed E-state index contributed by atoms with van der Waals surface area (Å²) < 4.78 is 24.7. The quantitative estimate of drug-likeness (QED) is 0.786. The second-order valence-electron chi connectivity index (χ2n) is 2.73. The molecule has 0 aliphatic rings. The fourth-order valence-corrected chi connectivity index (χ4v) is 1.16. The molecule has 1 rings (SSSR count). The van der Waals surface area contributed by atoms with E-state index in [9.17, 15) is 8.78 Å². The van der Waals surface area contributed by atoms with Crippen LogP contribution in [0.5, 0.6) is 0 Å². The van der Waals surface area contributed by atoms with E-state index in [0.717, 1.165) is 6.20 Å². The van der Waals surface area contributed by atoms with E-state index in [1.54, 1.807) is 6.07 Å². The number of alkyl halides is 2. The van der Waals surface area contributed by atoms with Crippen molar-refractivity contribution < 1.29 is 13.9 Å². The molecule has 1 aromatic heterocycles. The van der Waals surface area contributed by atoms with Crippen LogP contribution in [0.4, 0.5) is 8.78 Å². The topological polar surface area (TPSA) is 56.9 Å². The van der Waals surface area contributed by atoms with Crippen LogP contribution in [0.1, 0.15) is 28.8 Å². The molecule has 3 nitrogen and oxygen atoms in total. The number of halogens is 2. The van der Waals surface area contributed by atoms with Gasteiger partial charge in [-0.05, 0) is 12.5 Å². The highest BCUT2D eigenvalue weighted by atomic mass is 19.3. The molecule has 0 fully saturated rings. The fourth-order valence-electron chi connectivity index (χ4n) is 1.16. The van der Waals surface area contributed by atoms with Crippen LogP contribution in [0.15, 0.2) is 6.20 Å². The van der Waals surface area contributed by atoms with Crippen molar-refractivity contribution in [1.29, 1.82) is 5.26 Å². The normalized spacial score (nSPS) is 10.3. The van der Waals surface area contributed by atoms with Gasteiger partial charge < -0.3 is 5.11 Å². The lowest BCUT2D eigenvalue weighted by Gasteiger charge is -2.08. The van der Waals surface area contributed by atoms with Gasteiger partial charge >= 0.3 is 0 Å². The third kappa shape index (κ3) is 1.70. The summed E-state index contributed by atoms with van der Waals surface area (Å²) in [6.45, 7) is 0.994. The first-order valence-electron chi connectivity index (χ1n) is 3.89. The van der Waals surface area contributed by atoms with E-state index in [2.05, 4.69) is 4.98 Å². The minimum absolute atomic E-state index is 0.0327. The zero-order valence-corrected chi connectivity index (χ0v) is 7.46. The van der Waals surface area contributed by atoms with Crippen molar-refractivity contribution in [3.05, 3.63) is 28.6 Å². The van der Waals surface area contributed by atoms with E-state index < -0.39 is 13.0 Å². The molecule has 0 saturated carbocycles. The number of aromatic nitrogens is 1. The second kappa shape index (κ2) is 4.11. The van der Waals surface area contributed by atoms with Crippen molar-refractivity contribution in [1.82, 2.24) is 4.98 Å². The van der Waals surface area contributed by atoms with E-state index in [-0.39, 0.29) is 22.4 Å². The zero-order valence-electron chi connectivity index (χ0n) is 7.46. The highest BCUT2D eigenvalue weighted by Crippen LogP contribution is 2.25. The maximum Gasteiger partial charge on any atom is 0.265 e. The van der Waals surface area contributed by atoms with Gasteiger partial charge in [-0.3, -0.25) is 4.98 Å². The van der Waals surface area contributed by atoms with Crippen LogP contribution in [-0.2, 0) is 6.61 Å². The SMILES string of the molecule is Cc1c(C(F)F)cnc(CO)c1C#N. The molecular formula is C9H8F2N2O. The maximum absolute atomic E-state index is 12.4. The molecular weight excluding hydrogens is 190 g/mol. The summed E-state index contributed by atoms with van der Waals surface area (Å²) in [5.41, 5.74) is 0.0833. The van der Waals surface area contributed by atoms with Crippen LogP contribution in [0.2, 0.25) is 0 Å². The molecule has 1 heterocycles. The Morgan fingerprint density at radius 2 is 2.29 bits per heavy atom. The Labute approximate surface area is 79.6 Å². The van der Waals surface area contributed by atoms with Crippen LogP contribution in [0, 0.1) is 18.3 Å². The molecule has 1 N–H and O–H groups in total. The minimum Gasteiger partial charge on any atom is -0.390 e. The van der Waals surface area contributed by atoms with Crippen molar-refractivity contribution >= 4 is 0 Å². The predicted octanol–water partition coefficient (Wildman–Crippen LogP) is 1.69. The van der Waals surface area contributed by atoms with Gasteiger partial charge in [0.2, 0.25) is 0 Å². The molecule has 0 aliphatic heterocycles. The van der Waals surface area contributed by atoms with Gasteiger partial charge in [-0.2, -0.15) is 5.26 Å². The Balaban J connectivity index is 3.37. The number of nitrogens with zero attached hydrogens (tertiary/aromatic N) is 2. The van der Waals surface area contributed by atoms with E-state index in [1.807, 2.05) is 0 Å². The summed E-state index contributed by atoms with van der Waals surface area (Å²) in [6.07, 6.45) is -1.66. The Hall–Kier alpha value is -1.54. The molecule has 0 aromatic carbocycles. The number of aliphatic hydroxyl groups is 1. The molecule has 0 unspecified atom stereocenters. The van der Waals surface area contributed by atoms with Gasteiger partial charge in [0.15, 0.2) is 0 Å². The molecule has 0 radical (unpaired) electrons. The van der Waals surface area contributed by atoms with Crippen LogP contribution in [0.3, 0.4) is 0 Å². The van der Waals surface area contributed by atoms with Crippen molar-refractivity contribution in [3.63, 3.8) is 0 Å². The van der Waals surface area contributed by atoms with Gasteiger partial charge in [0.1, 0.15) is 6.07 Å². The van der Waals surface area contributed by atoms with E-state index >= 15 is 0 Å². The summed E-state index contributed by atoms with van der Waals surface area (Å²) in [6, 6.07) is 1.75. The number of pyridine rings is 1. The van der Waals surface area contributed by atoms with Crippen molar-refractivity contribution in [2.75, 3.05) is 0 Å². The first-order chi connectivity index (χ1) is 6.61. The summed E-state index contributed by atoms with van der Waals surface area (Å²) in [7, 11) is 0. The molecule has 0 atom stereocenters. The highest BCUT2D eigenvalue weighted by molar-refractivity contribution is 5.44. The Morgan fingerprint density at radius 1 is 1.64 bits per heavy atom. The standard InChI is InChI=1S/C9H8F2N2O/c1-5-6(2-12)8(4-14)13-3-7(5)9(10)11/h3,9,14H,4H2,1H3. The number of aliphatic hydroxyl groups excluding tert-OH is 1. The van der Waals surface area contributed by atoms with Gasteiger partial charge in [-0.15, -0.1) is 0 Å². The Kier molecular flexibility index (Phi) is 3.10. The van der Waals surface area contributed by atoms with Crippen molar-refractivity contribution in [2.45, 2.75) is 20.0 Å². The first kappa shape index (κ1) is 10.5. The summed E-state index contributed by atoms with van der Waals surface area (Å²) in [4.78, 5) is 3.60. The smallest absolute Gasteiger partial charge is 0.265 e. The summed E-state index contributed by atoms with van der Waals surface area (Å²) in [5, 5.41) is 17.5. The largest absolute Gasteiger partial charge is 0.390 e. The van der Waals surface area contributed by atoms with Crippen LogP contribution in [-0.4, -0.2) is 10.1 Å². The molecule has 0 aliphatic carbocycles. The minimum atomic E-state index is -2.65. The summed E-state index contributed by atoms with van der Waals surface area (Å²) in [5.74, 6) is 0. The van der Waals surface area contributed by atoms with Crippen LogP contribution >= 0.6 is 0 Å². The molecule has 0 bridgehead atoms. The molecule has 0 amide bonds. The number of hydrogen-bond acceptors (Lipinski definition) is 3.